The van der Waals surface area contributed by atoms with E-state index in [0.717, 1.165) is 43.1 Å². The van der Waals surface area contributed by atoms with E-state index in [1.165, 1.54) is 7.11 Å². The van der Waals surface area contributed by atoms with Crippen molar-refractivity contribution in [2.75, 3.05) is 41.5 Å². The maximum absolute atomic E-state index is 11.7. The topological polar surface area (TPSA) is 86.2 Å². The molecular weight excluding hydrogens is 386 g/mol. The number of likely N-dealkylation sites (tertiary alicyclic amines) is 1. The lowest BCUT2D eigenvalue weighted by atomic mass is 9.83. The zero-order valence-electron chi connectivity index (χ0n) is 17.9. The largest absolute Gasteiger partial charge is 0.497 e. The van der Waals surface area contributed by atoms with E-state index in [1.807, 2.05) is 18.2 Å². The summed E-state index contributed by atoms with van der Waals surface area (Å²) < 4.78 is 21.5. The first-order chi connectivity index (χ1) is 14.5. The Morgan fingerprint density at radius 3 is 2.63 bits per heavy atom. The number of nitrogens with zero attached hydrogens (tertiary/aromatic N) is 3. The molecule has 3 atom stereocenters. The fourth-order valence-corrected chi connectivity index (χ4v) is 5.00. The summed E-state index contributed by atoms with van der Waals surface area (Å²) in [5.41, 5.74) is 0.694. The minimum Gasteiger partial charge on any atom is -0.497 e. The maximum atomic E-state index is 11.7. The third-order valence-electron chi connectivity index (χ3n) is 6.48. The molecule has 2 fully saturated rings. The molecule has 1 saturated carbocycles. The molecule has 1 aromatic carbocycles. The van der Waals surface area contributed by atoms with Crippen molar-refractivity contribution in [2.45, 2.75) is 25.0 Å². The van der Waals surface area contributed by atoms with Crippen LogP contribution in [0.2, 0.25) is 0 Å². The summed E-state index contributed by atoms with van der Waals surface area (Å²) in [5, 5.41) is 11.7. The normalized spacial score (nSPS) is 25.8. The standard InChI is InChI=1S/C22H29N3O5/c1-27-16-5-6-19(28-2)15(9-16)12-25-11-14-7-8-22(26,18(14)13-25)17-10-23-21(30-4)24-20(17)29-3/h5-6,9-10,14,18,26H,7-8,11-13H2,1-4H3/t14-,18+,22+/m0/s1. The molecule has 2 aromatic rings. The van der Waals surface area contributed by atoms with E-state index in [4.69, 9.17) is 18.9 Å². The van der Waals surface area contributed by atoms with Crippen molar-refractivity contribution in [1.29, 1.82) is 0 Å². The van der Waals surface area contributed by atoms with Gasteiger partial charge in [0.25, 0.3) is 0 Å². The highest BCUT2D eigenvalue weighted by Crippen LogP contribution is 2.52. The molecule has 30 heavy (non-hydrogen) atoms. The Morgan fingerprint density at radius 1 is 1.10 bits per heavy atom. The van der Waals surface area contributed by atoms with Crippen molar-refractivity contribution in [1.82, 2.24) is 14.9 Å². The number of aliphatic hydroxyl groups is 1. The maximum Gasteiger partial charge on any atom is 0.319 e. The van der Waals surface area contributed by atoms with Crippen LogP contribution in [0.3, 0.4) is 0 Å². The summed E-state index contributed by atoms with van der Waals surface area (Å²) in [7, 11) is 6.41. The van der Waals surface area contributed by atoms with Crippen molar-refractivity contribution >= 4 is 0 Å². The monoisotopic (exact) mass is 415 g/mol. The third-order valence-corrected chi connectivity index (χ3v) is 6.48. The SMILES string of the molecule is COc1ccc(OC)c(CN2C[C@@H]3CC[C@@](O)(c4cnc(OC)nc4OC)[C@@H]3C2)c1. The predicted molar refractivity (Wildman–Crippen MR) is 110 cm³/mol. The van der Waals surface area contributed by atoms with Crippen molar-refractivity contribution < 1.29 is 24.1 Å². The first kappa shape index (κ1) is 20.7. The molecular formula is C22H29N3O5. The summed E-state index contributed by atoms with van der Waals surface area (Å²) in [4.78, 5) is 10.9. The molecule has 0 amide bonds. The van der Waals surface area contributed by atoms with Gasteiger partial charge in [-0.25, -0.2) is 4.98 Å². The third kappa shape index (κ3) is 3.54. The second-order valence-electron chi connectivity index (χ2n) is 7.98. The molecule has 1 aliphatic heterocycles. The van der Waals surface area contributed by atoms with Gasteiger partial charge >= 0.3 is 6.01 Å². The zero-order chi connectivity index (χ0) is 21.3. The Morgan fingerprint density at radius 2 is 1.93 bits per heavy atom. The van der Waals surface area contributed by atoms with Gasteiger partial charge in [0.15, 0.2) is 0 Å². The lowest BCUT2D eigenvalue weighted by Gasteiger charge is -2.31. The van der Waals surface area contributed by atoms with Crippen LogP contribution in [0, 0.1) is 11.8 Å². The van der Waals surface area contributed by atoms with Crippen molar-refractivity contribution in [3.05, 3.63) is 35.5 Å². The van der Waals surface area contributed by atoms with E-state index in [2.05, 4.69) is 14.9 Å². The van der Waals surface area contributed by atoms with Gasteiger partial charge < -0.3 is 24.1 Å². The molecule has 1 saturated heterocycles. The molecule has 1 N–H and O–H groups in total. The highest BCUT2D eigenvalue weighted by atomic mass is 16.5. The molecule has 0 radical (unpaired) electrons. The van der Waals surface area contributed by atoms with Crippen LogP contribution in [0.15, 0.2) is 24.4 Å². The van der Waals surface area contributed by atoms with Crippen molar-refractivity contribution in [3.8, 4) is 23.4 Å². The average molecular weight is 415 g/mol. The molecule has 1 aliphatic carbocycles. The molecule has 2 aliphatic rings. The first-order valence-electron chi connectivity index (χ1n) is 10.1. The van der Waals surface area contributed by atoms with Gasteiger partial charge in [0.1, 0.15) is 17.1 Å². The lowest BCUT2D eigenvalue weighted by Crippen LogP contribution is -2.35. The average Bonchev–Trinajstić information content (AvgIpc) is 3.33. The summed E-state index contributed by atoms with van der Waals surface area (Å²) >= 11 is 0. The van der Waals surface area contributed by atoms with Crippen LogP contribution in [-0.4, -0.2) is 61.5 Å². The summed E-state index contributed by atoms with van der Waals surface area (Å²) in [6.45, 7) is 2.43. The number of rotatable bonds is 7. The van der Waals surface area contributed by atoms with Gasteiger partial charge in [0, 0.05) is 37.3 Å². The van der Waals surface area contributed by atoms with E-state index < -0.39 is 5.60 Å². The fraction of sp³-hybridized carbons (Fsp3) is 0.545. The number of hydrogen-bond acceptors (Lipinski definition) is 8. The van der Waals surface area contributed by atoms with Gasteiger partial charge in [0.2, 0.25) is 5.88 Å². The molecule has 1 aromatic heterocycles. The van der Waals surface area contributed by atoms with Crippen LogP contribution >= 0.6 is 0 Å². The summed E-state index contributed by atoms with van der Waals surface area (Å²) in [5.74, 6) is 2.51. The Hall–Kier alpha value is -2.58. The molecule has 162 valence electrons. The Kier molecular flexibility index (Phi) is 5.71. The highest BCUT2D eigenvalue weighted by Gasteiger charge is 2.53. The van der Waals surface area contributed by atoms with E-state index in [0.29, 0.717) is 23.8 Å². The number of fused-ring (bicyclic) bond motifs is 1. The van der Waals surface area contributed by atoms with Crippen molar-refractivity contribution in [2.24, 2.45) is 11.8 Å². The number of ether oxygens (including phenoxy) is 4. The van der Waals surface area contributed by atoms with Crippen LogP contribution in [0.5, 0.6) is 23.4 Å². The zero-order valence-corrected chi connectivity index (χ0v) is 17.9. The van der Waals surface area contributed by atoms with Crippen LogP contribution in [0.4, 0.5) is 0 Å². The highest BCUT2D eigenvalue weighted by molar-refractivity contribution is 5.40. The number of methoxy groups -OCH3 is 4. The van der Waals surface area contributed by atoms with Gasteiger partial charge in [-0.1, -0.05) is 0 Å². The van der Waals surface area contributed by atoms with E-state index in [1.54, 1.807) is 27.5 Å². The number of hydrogen-bond donors (Lipinski definition) is 1. The van der Waals surface area contributed by atoms with Crippen molar-refractivity contribution in [3.63, 3.8) is 0 Å². The quantitative estimate of drug-likeness (QED) is 0.737. The molecule has 2 heterocycles. The van der Waals surface area contributed by atoms with Crippen LogP contribution < -0.4 is 18.9 Å². The Bertz CT molecular complexity index is 908. The molecule has 0 spiro atoms. The molecule has 4 rings (SSSR count). The predicted octanol–water partition coefficient (Wildman–Crippen LogP) is 2.24. The number of benzene rings is 1. The van der Waals surface area contributed by atoms with Crippen LogP contribution in [0.1, 0.15) is 24.0 Å². The molecule has 8 heteroatoms. The molecule has 8 nitrogen and oxygen atoms in total. The van der Waals surface area contributed by atoms with Gasteiger partial charge in [-0.15, -0.1) is 0 Å². The van der Waals surface area contributed by atoms with E-state index in [-0.39, 0.29) is 11.9 Å². The van der Waals surface area contributed by atoms with Crippen LogP contribution in [-0.2, 0) is 12.1 Å². The van der Waals surface area contributed by atoms with Gasteiger partial charge in [-0.3, -0.25) is 4.90 Å². The molecule has 0 bridgehead atoms. The minimum atomic E-state index is -1.02. The van der Waals surface area contributed by atoms with Crippen LogP contribution in [0.25, 0.3) is 0 Å². The van der Waals surface area contributed by atoms with E-state index in [9.17, 15) is 5.11 Å². The number of aromatic nitrogens is 2. The molecule has 0 unspecified atom stereocenters. The van der Waals surface area contributed by atoms with Gasteiger partial charge in [0.05, 0.1) is 34.0 Å². The lowest BCUT2D eigenvalue weighted by molar-refractivity contribution is -0.00973. The van der Waals surface area contributed by atoms with E-state index >= 15 is 0 Å². The summed E-state index contributed by atoms with van der Waals surface area (Å²) in [6, 6.07) is 6.07. The fourth-order valence-electron chi connectivity index (χ4n) is 5.00. The second kappa shape index (κ2) is 8.28. The smallest absolute Gasteiger partial charge is 0.319 e. The summed E-state index contributed by atoms with van der Waals surface area (Å²) in [6.07, 6.45) is 3.26. The second-order valence-corrected chi connectivity index (χ2v) is 7.98. The first-order valence-corrected chi connectivity index (χ1v) is 10.1. The van der Waals surface area contributed by atoms with Gasteiger partial charge in [-0.2, -0.15) is 4.98 Å². The van der Waals surface area contributed by atoms with Gasteiger partial charge in [-0.05, 0) is 37.0 Å². The minimum absolute atomic E-state index is 0.0833. The Labute approximate surface area is 176 Å². The Balaban J connectivity index is 1.56.